The average Bonchev–Trinajstić information content (AvgIpc) is 2.74. The van der Waals surface area contributed by atoms with Crippen molar-refractivity contribution in [2.45, 2.75) is 95.3 Å². The third-order valence-electron chi connectivity index (χ3n) is 5.57. The van der Waals surface area contributed by atoms with Gasteiger partial charge in [-0.3, -0.25) is 4.55 Å². The molecule has 0 saturated carbocycles. The average molecular weight is 447 g/mol. The summed E-state index contributed by atoms with van der Waals surface area (Å²) in [5.74, 6) is 0.708. The maximum atomic E-state index is 11.5. The Kier molecular flexibility index (Phi) is 11.7. The zero-order valence-electron chi connectivity index (χ0n) is 18.9. The van der Waals surface area contributed by atoms with Crippen LogP contribution >= 0.6 is 0 Å². The maximum Gasteiger partial charge on any atom is 0.298 e. The maximum absolute atomic E-state index is 11.5. The van der Waals surface area contributed by atoms with Gasteiger partial charge in [0, 0.05) is 0 Å². The standard InChI is InChI=1S/C26H38O4S/c1-2-3-4-5-6-7-8-9-10-11-12-13-17-23-18-16-19-24(22-23)30-25-20-14-15-21-26(25)31(27,28)29/h14-16,18-22H,2-13,17H2,1H3,(H,27,28,29). The predicted octanol–water partition coefficient (Wildman–Crippen LogP) is 7.97. The van der Waals surface area contributed by atoms with Crippen molar-refractivity contribution in [3.8, 4) is 11.5 Å². The first-order valence-corrected chi connectivity index (χ1v) is 13.3. The van der Waals surface area contributed by atoms with Gasteiger partial charge in [-0.05, 0) is 42.7 Å². The Hall–Kier alpha value is -1.85. The molecule has 0 amide bonds. The van der Waals surface area contributed by atoms with Gasteiger partial charge in [-0.2, -0.15) is 8.42 Å². The van der Waals surface area contributed by atoms with Crippen molar-refractivity contribution in [1.82, 2.24) is 0 Å². The largest absolute Gasteiger partial charge is 0.456 e. The molecule has 0 aliphatic rings. The van der Waals surface area contributed by atoms with E-state index in [-0.39, 0.29) is 10.6 Å². The Labute approximate surface area is 188 Å². The quantitative estimate of drug-likeness (QED) is 0.210. The van der Waals surface area contributed by atoms with E-state index in [1.54, 1.807) is 24.3 Å². The molecule has 0 bridgehead atoms. The SMILES string of the molecule is CCCCCCCCCCCCCCc1cccc(Oc2ccccc2S(=O)(=O)O)c1. The van der Waals surface area contributed by atoms with Crippen molar-refractivity contribution in [3.05, 3.63) is 54.1 Å². The van der Waals surface area contributed by atoms with Crippen molar-refractivity contribution < 1.29 is 17.7 Å². The number of ether oxygens (including phenoxy) is 1. The first-order valence-electron chi connectivity index (χ1n) is 11.8. The van der Waals surface area contributed by atoms with Crippen molar-refractivity contribution in [2.24, 2.45) is 0 Å². The van der Waals surface area contributed by atoms with Crippen molar-refractivity contribution in [3.63, 3.8) is 0 Å². The van der Waals surface area contributed by atoms with E-state index in [0.717, 1.165) is 12.8 Å². The Morgan fingerprint density at radius 2 is 1.32 bits per heavy atom. The smallest absolute Gasteiger partial charge is 0.298 e. The molecule has 2 rings (SSSR count). The third kappa shape index (κ3) is 10.3. The van der Waals surface area contributed by atoms with Crippen molar-refractivity contribution >= 4 is 10.1 Å². The number of unbranched alkanes of at least 4 members (excludes halogenated alkanes) is 11. The number of aryl methyl sites for hydroxylation is 1. The zero-order valence-corrected chi connectivity index (χ0v) is 19.7. The van der Waals surface area contributed by atoms with Crippen LogP contribution in [0.2, 0.25) is 0 Å². The monoisotopic (exact) mass is 446 g/mol. The van der Waals surface area contributed by atoms with E-state index >= 15 is 0 Å². The van der Waals surface area contributed by atoms with Gasteiger partial charge < -0.3 is 4.74 Å². The summed E-state index contributed by atoms with van der Waals surface area (Å²) in [7, 11) is -4.32. The van der Waals surface area contributed by atoms with Gasteiger partial charge in [0.05, 0.1) is 0 Å². The van der Waals surface area contributed by atoms with Crippen molar-refractivity contribution in [2.75, 3.05) is 0 Å². The summed E-state index contributed by atoms with van der Waals surface area (Å²) in [6.07, 6.45) is 17.0. The molecule has 0 aliphatic heterocycles. The van der Waals surface area contributed by atoms with Crippen LogP contribution in [-0.4, -0.2) is 13.0 Å². The molecule has 0 heterocycles. The number of hydrogen-bond donors (Lipinski definition) is 1. The molecule has 1 N–H and O–H groups in total. The van der Waals surface area contributed by atoms with Crippen LogP contribution in [-0.2, 0) is 16.5 Å². The van der Waals surface area contributed by atoms with E-state index in [1.807, 2.05) is 12.1 Å². The minimum atomic E-state index is -4.32. The first kappa shape index (κ1) is 25.4. The highest BCUT2D eigenvalue weighted by Crippen LogP contribution is 2.29. The van der Waals surface area contributed by atoms with Crippen LogP contribution in [0.4, 0.5) is 0 Å². The Balaban J connectivity index is 1.66. The van der Waals surface area contributed by atoms with Gasteiger partial charge in [-0.15, -0.1) is 0 Å². The van der Waals surface area contributed by atoms with Crippen LogP contribution in [0.5, 0.6) is 11.5 Å². The molecule has 0 radical (unpaired) electrons. The van der Waals surface area contributed by atoms with Crippen LogP contribution in [0.3, 0.4) is 0 Å². The topological polar surface area (TPSA) is 63.6 Å². The van der Waals surface area contributed by atoms with Crippen molar-refractivity contribution in [1.29, 1.82) is 0 Å². The van der Waals surface area contributed by atoms with Gasteiger partial charge in [0.15, 0.2) is 0 Å². The predicted molar refractivity (Wildman–Crippen MR) is 128 cm³/mol. The molecule has 31 heavy (non-hydrogen) atoms. The Morgan fingerprint density at radius 1 is 0.742 bits per heavy atom. The molecule has 0 aromatic heterocycles. The van der Waals surface area contributed by atoms with E-state index in [0.29, 0.717) is 5.75 Å². The zero-order chi connectivity index (χ0) is 22.4. The lowest BCUT2D eigenvalue weighted by atomic mass is 10.0. The molecule has 2 aromatic carbocycles. The first-order chi connectivity index (χ1) is 15.0. The fourth-order valence-electron chi connectivity index (χ4n) is 3.81. The number of hydrogen-bond acceptors (Lipinski definition) is 3. The summed E-state index contributed by atoms with van der Waals surface area (Å²) in [4.78, 5) is -0.221. The Morgan fingerprint density at radius 3 is 1.94 bits per heavy atom. The minimum Gasteiger partial charge on any atom is -0.456 e. The lowest BCUT2D eigenvalue weighted by Gasteiger charge is -2.10. The summed E-state index contributed by atoms with van der Waals surface area (Å²) in [6.45, 7) is 2.26. The molecule has 0 aliphatic carbocycles. The van der Waals surface area contributed by atoms with Gasteiger partial charge in [-0.25, -0.2) is 0 Å². The second-order valence-electron chi connectivity index (χ2n) is 8.31. The lowest BCUT2D eigenvalue weighted by Crippen LogP contribution is -2.00. The lowest BCUT2D eigenvalue weighted by molar-refractivity contribution is 0.449. The van der Waals surface area contributed by atoms with Gasteiger partial charge in [0.2, 0.25) is 0 Å². The summed E-state index contributed by atoms with van der Waals surface area (Å²) in [5.41, 5.74) is 1.17. The fourth-order valence-corrected chi connectivity index (χ4v) is 4.42. The van der Waals surface area contributed by atoms with E-state index in [1.165, 1.54) is 82.3 Å². The molecule has 172 valence electrons. The number of benzene rings is 2. The van der Waals surface area contributed by atoms with Crippen LogP contribution in [0.1, 0.15) is 89.5 Å². The Bertz CT molecular complexity index is 861. The molecule has 0 unspecified atom stereocenters. The van der Waals surface area contributed by atoms with Crippen LogP contribution in [0, 0.1) is 0 Å². The van der Waals surface area contributed by atoms with Crippen LogP contribution in [0.15, 0.2) is 53.4 Å². The highest BCUT2D eigenvalue weighted by atomic mass is 32.2. The minimum absolute atomic E-state index is 0.132. The van der Waals surface area contributed by atoms with Crippen LogP contribution < -0.4 is 4.74 Å². The second kappa shape index (κ2) is 14.3. The highest BCUT2D eigenvalue weighted by Gasteiger charge is 2.16. The molecule has 2 aromatic rings. The molecular formula is C26H38O4S. The van der Waals surface area contributed by atoms with E-state index in [2.05, 4.69) is 13.0 Å². The molecule has 0 spiro atoms. The summed E-state index contributed by atoms with van der Waals surface area (Å²) >= 11 is 0. The van der Waals surface area contributed by atoms with E-state index in [9.17, 15) is 13.0 Å². The van der Waals surface area contributed by atoms with Crippen LogP contribution in [0.25, 0.3) is 0 Å². The van der Waals surface area contributed by atoms with Gasteiger partial charge >= 0.3 is 0 Å². The third-order valence-corrected chi connectivity index (χ3v) is 6.47. The molecule has 4 nitrogen and oxygen atoms in total. The normalized spacial score (nSPS) is 11.5. The highest BCUT2D eigenvalue weighted by molar-refractivity contribution is 7.86. The van der Waals surface area contributed by atoms with E-state index in [4.69, 9.17) is 4.74 Å². The molecule has 0 atom stereocenters. The summed E-state index contributed by atoms with van der Waals surface area (Å²) in [5, 5.41) is 0. The summed E-state index contributed by atoms with van der Waals surface area (Å²) in [6, 6.07) is 13.8. The summed E-state index contributed by atoms with van der Waals surface area (Å²) < 4.78 is 38.2. The van der Waals surface area contributed by atoms with Gasteiger partial charge in [0.1, 0.15) is 16.4 Å². The molecule has 0 saturated heterocycles. The number of rotatable bonds is 16. The van der Waals surface area contributed by atoms with Gasteiger partial charge in [-0.1, -0.05) is 102 Å². The fraction of sp³-hybridized carbons (Fsp3) is 0.538. The van der Waals surface area contributed by atoms with E-state index < -0.39 is 10.1 Å². The van der Waals surface area contributed by atoms with Gasteiger partial charge in [0.25, 0.3) is 10.1 Å². The number of para-hydroxylation sites is 1. The molecule has 5 heteroatoms. The second-order valence-corrected chi connectivity index (χ2v) is 9.70. The molecular weight excluding hydrogens is 408 g/mol. The molecule has 0 fully saturated rings.